The molecule has 0 aliphatic heterocycles. The minimum atomic E-state index is -3.28. The second-order valence-corrected chi connectivity index (χ2v) is 8.66. The average molecular weight is 419 g/mol. The first-order valence-corrected chi connectivity index (χ1v) is 10.2. The number of sulfone groups is 1. The van der Waals surface area contributed by atoms with Gasteiger partial charge in [-0.05, 0) is 48.9 Å². The highest BCUT2D eigenvalue weighted by molar-refractivity contribution is 9.10. The summed E-state index contributed by atoms with van der Waals surface area (Å²) in [5, 5.41) is 0. The van der Waals surface area contributed by atoms with E-state index in [1.807, 2.05) is 24.3 Å². The van der Waals surface area contributed by atoms with E-state index in [4.69, 9.17) is 4.42 Å². The van der Waals surface area contributed by atoms with Crippen LogP contribution in [0.3, 0.4) is 0 Å². The standard InChI is InChI=1S/C19H15BrO4S/c1-12-10-17(21)18(14-4-3-5-15(20)11-14)19(24-12)13-6-8-16(9-7-13)25(2,22)23/h3-11H,1-2H3. The van der Waals surface area contributed by atoms with Crippen LogP contribution in [0.25, 0.3) is 22.5 Å². The summed E-state index contributed by atoms with van der Waals surface area (Å²) in [6.07, 6.45) is 1.15. The molecule has 3 aromatic rings. The molecule has 2 aromatic carbocycles. The van der Waals surface area contributed by atoms with Gasteiger partial charge >= 0.3 is 0 Å². The van der Waals surface area contributed by atoms with E-state index in [0.29, 0.717) is 22.6 Å². The van der Waals surface area contributed by atoms with Crippen molar-refractivity contribution < 1.29 is 12.8 Å². The summed E-state index contributed by atoms with van der Waals surface area (Å²) in [6, 6.07) is 15.2. The average Bonchev–Trinajstić information content (AvgIpc) is 2.53. The van der Waals surface area contributed by atoms with Crippen molar-refractivity contribution in [3.63, 3.8) is 0 Å². The van der Waals surface area contributed by atoms with Gasteiger partial charge in [0.2, 0.25) is 0 Å². The number of halogens is 1. The largest absolute Gasteiger partial charge is 0.460 e. The minimum Gasteiger partial charge on any atom is -0.460 e. The Labute approximate surface area is 154 Å². The van der Waals surface area contributed by atoms with Crippen LogP contribution >= 0.6 is 15.9 Å². The Morgan fingerprint density at radius 2 is 1.64 bits per heavy atom. The zero-order chi connectivity index (χ0) is 18.2. The Morgan fingerprint density at radius 1 is 0.960 bits per heavy atom. The smallest absolute Gasteiger partial charge is 0.193 e. The fraction of sp³-hybridized carbons (Fsp3) is 0.105. The fourth-order valence-electron chi connectivity index (χ4n) is 2.58. The zero-order valence-corrected chi connectivity index (χ0v) is 16.0. The van der Waals surface area contributed by atoms with Gasteiger partial charge in [-0.2, -0.15) is 0 Å². The Hall–Kier alpha value is -2.18. The van der Waals surface area contributed by atoms with Gasteiger partial charge in [-0.3, -0.25) is 4.79 Å². The highest BCUT2D eigenvalue weighted by Crippen LogP contribution is 2.32. The Morgan fingerprint density at radius 3 is 2.24 bits per heavy atom. The molecule has 0 saturated carbocycles. The molecular formula is C19H15BrO4S. The Kier molecular flexibility index (Phi) is 4.67. The molecule has 3 rings (SSSR count). The summed E-state index contributed by atoms with van der Waals surface area (Å²) >= 11 is 3.41. The van der Waals surface area contributed by atoms with E-state index < -0.39 is 9.84 Å². The van der Waals surface area contributed by atoms with Crippen molar-refractivity contribution in [2.45, 2.75) is 11.8 Å². The lowest BCUT2D eigenvalue weighted by atomic mass is 10.00. The van der Waals surface area contributed by atoms with Gasteiger partial charge in [0.15, 0.2) is 15.3 Å². The van der Waals surface area contributed by atoms with Gasteiger partial charge in [-0.15, -0.1) is 0 Å². The third-order valence-electron chi connectivity index (χ3n) is 3.73. The molecule has 0 bridgehead atoms. The van der Waals surface area contributed by atoms with Crippen LogP contribution in [0.1, 0.15) is 5.76 Å². The first kappa shape index (κ1) is 17.6. The molecule has 6 heteroatoms. The van der Waals surface area contributed by atoms with E-state index >= 15 is 0 Å². The van der Waals surface area contributed by atoms with Crippen molar-refractivity contribution in [3.8, 4) is 22.5 Å². The summed E-state index contributed by atoms with van der Waals surface area (Å²) in [4.78, 5) is 12.8. The van der Waals surface area contributed by atoms with E-state index in [2.05, 4.69) is 15.9 Å². The van der Waals surface area contributed by atoms with Crippen LogP contribution < -0.4 is 5.43 Å². The third-order valence-corrected chi connectivity index (χ3v) is 5.35. The van der Waals surface area contributed by atoms with Crippen molar-refractivity contribution in [1.82, 2.24) is 0 Å². The predicted molar refractivity (Wildman–Crippen MR) is 101 cm³/mol. The fourth-order valence-corrected chi connectivity index (χ4v) is 3.61. The molecule has 0 saturated heterocycles. The van der Waals surface area contributed by atoms with Crippen LogP contribution in [-0.4, -0.2) is 14.7 Å². The van der Waals surface area contributed by atoms with Gasteiger partial charge < -0.3 is 4.42 Å². The van der Waals surface area contributed by atoms with Crippen LogP contribution in [0.15, 0.2) is 73.2 Å². The number of rotatable bonds is 3. The molecule has 0 amide bonds. The molecule has 4 nitrogen and oxygen atoms in total. The van der Waals surface area contributed by atoms with Crippen LogP contribution in [0, 0.1) is 6.92 Å². The molecule has 0 spiro atoms. The summed E-state index contributed by atoms with van der Waals surface area (Å²) < 4.78 is 30.0. The maximum atomic E-state index is 12.6. The Balaban J connectivity index is 2.24. The second kappa shape index (κ2) is 6.61. The van der Waals surface area contributed by atoms with Crippen molar-refractivity contribution in [1.29, 1.82) is 0 Å². The van der Waals surface area contributed by atoms with Crippen molar-refractivity contribution in [2.75, 3.05) is 6.26 Å². The first-order chi connectivity index (χ1) is 11.8. The number of hydrogen-bond acceptors (Lipinski definition) is 4. The zero-order valence-electron chi connectivity index (χ0n) is 13.6. The van der Waals surface area contributed by atoms with Gasteiger partial charge in [-0.1, -0.05) is 28.1 Å². The minimum absolute atomic E-state index is 0.149. The van der Waals surface area contributed by atoms with Gasteiger partial charge in [0, 0.05) is 22.4 Å². The van der Waals surface area contributed by atoms with Gasteiger partial charge in [0.25, 0.3) is 0 Å². The van der Waals surface area contributed by atoms with Crippen LogP contribution in [-0.2, 0) is 9.84 Å². The lowest BCUT2D eigenvalue weighted by molar-refractivity contribution is 0.531. The molecule has 0 aliphatic carbocycles. The van der Waals surface area contributed by atoms with E-state index in [1.54, 1.807) is 19.1 Å². The highest BCUT2D eigenvalue weighted by atomic mass is 79.9. The number of hydrogen-bond donors (Lipinski definition) is 0. The van der Waals surface area contributed by atoms with Gasteiger partial charge in [0.1, 0.15) is 11.5 Å². The normalized spacial score (nSPS) is 11.5. The molecule has 0 fully saturated rings. The number of benzene rings is 2. The SMILES string of the molecule is Cc1cc(=O)c(-c2cccc(Br)c2)c(-c2ccc(S(C)(=O)=O)cc2)o1. The summed E-state index contributed by atoms with van der Waals surface area (Å²) in [5.41, 5.74) is 1.66. The summed E-state index contributed by atoms with van der Waals surface area (Å²) in [7, 11) is -3.28. The van der Waals surface area contributed by atoms with E-state index in [0.717, 1.165) is 16.3 Å². The second-order valence-electron chi connectivity index (χ2n) is 5.73. The van der Waals surface area contributed by atoms with E-state index in [-0.39, 0.29) is 10.3 Å². The van der Waals surface area contributed by atoms with Crippen LogP contribution in [0.4, 0.5) is 0 Å². The first-order valence-electron chi connectivity index (χ1n) is 7.47. The van der Waals surface area contributed by atoms with Crippen LogP contribution in [0.5, 0.6) is 0 Å². The lowest BCUT2D eigenvalue weighted by Crippen LogP contribution is -2.06. The molecule has 0 atom stereocenters. The van der Waals surface area contributed by atoms with E-state index in [9.17, 15) is 13.2 Å². The maximum absolute atomic E-state index is 12.6. The number of aryl methyl sites for hydroxylation is 1. The maximum Gasteiger partial charge on any atom is 0.193 e. The quantitative estimate of drug-likeness (QED) is 0.630. The third kappa shape index (κ3) is 3.75. The summed E-state index contributed by atoms with van der Waals surface area (Å²) in [5.74, 6) is 0.911. The van der Waals surface area contributed by atoms with Crippen molar-refractivity contribution in [2.24, 2.45) is 0 Å². The molecule has 0 aliphatic rings. The molecule has 0 unspecified atom stereocenters. The molecule has 1 heterocycles. The van der Waals surface area contributed by atoms with E-state index in [1.165, 1.54) is 18.2 Å². The molecule has 25 heavy (non-hydrogen) atoms. The van der Waals surface area contributed by atoms with Crippen molar-refractivity contribution in [3.05, 3.63) is 75.1 Å². The lowest BCUT2D eigenvalue weighted by Gasteiger charge is -2.10. The molecule has 128 valence electrons. The molecule has 0 N–H and O–H groups in total. The molecule has 0 radical (unpaired) electrons. The van der Waals surface area contributed by atoms with Gasteiger partial charge in [0.05, 0.1) is 10.5 Å². The van der Waals surface area contributed by atoms with Gasteiger partial charge in [-0.25, -0.2) is 8.42 Å². The highest BCUT2D eigenvalue weighted by Gasteiger charge is 2.16. The monoisotopic (exact) mass is 418 g/mol. The predicted octanol–water partition coefficient (Wildman–Crippen LogP) is 4.45. The Bertz CT molecular complexity index is 1100. The van der Waals surface area contributed by atoms with Crippen LogP contribution in [0.2, 0.25) is 0 Å². The van der Waals surface area contributed by atoms with Crippen molar-refractivity contribution >= 4 is 25.8 Å². The summed E-state index contributed by atoms with van der Waals surface area (Å²) in [6.45, 7) is 1.71. The molecule has 1 aromatic heterocycles. The topological polar surface area (TPSA) is 64.3 Å². The molecular weight excluding hydrogens is 404 g/mol.